The zero-order chi connectivity index (χ0) is 11.5. The minimum absolute atomic E-state index is 0.00142. The second-order valence-corrected chi connectivity index (χ2v) is 5.73. The van der Waals surface area contributed by atoms with Crippen LogP contribution in [0, 0.1) is 0 Å². The smallest absolute Gasteiger partial charge is 0.0474 e. The van der Waals surface area contributed by atoms with Gasteiger partial charge in [-0.15, -0.1) is 0 Å². The molecule has 1 aliphatic rings. The standard InChI is InChI=1S/C12H17ClN2S/c1-9(14)11-3-2-10(8-12(11)13)15-4-6-16-7-5-15/h2-3,8-9H,4-7,14H2,1H3. The van der Waals surface area contributed by atoms with Gasteiger partial charge in [0.05, 0.1) is 0 Å². The van der Waals surface area contributed by atoms with Crippen LogP contribution < -0.4 is 10.6 Å². The van der Waals surface area contributed by atoms with E-state index in [-0.39, 0.29) is 6.04 Å². The number of thioether (sulfide) groups is 1. The molecule has 0 aromatic heterocycles. The molecule has 0 saturated carbocycles. The molecular formula is C12H17ClN2S. The number of rotatable bonds is 2. The first-order chi connectivity index (χ1) is 7.68. The van der Waals surface area contributed by atoms with E-state index < -0.39 is 0 Å². The summed E-state index contributed by atoms with van der Waals surface area (Å²) in [7, 11) is 0. The predicted octanol–water partition coefficient (Wildman–Crippen LogP) is 2.91. The van der Waals surface area contributed by atoms with Crippen molar-refractivity contribution in [1.29, 1.82) is 0 Å². The van der Waals surface area contributed by atoms with Gasteiger partial charge in [-0.1, -0.05) is 17.7 Å². The van der Waals surface area contributed by atoms with E-state index in [0.717, 1.165) is 23.7 Å². The average Bonchev–Trinajstić information content (AvgIpc) is 2.29. The Kier molecular flexibility index (Phi) is 4.00. The maximum absolute atomic E-state index is 6.23. The van der Waals surface area contributed by atoms with Crippen LogP contribution in [0.3, 0.4) is 0 Å². The molecule has 1 unspecified atom stereocenters. The number of hydrogen-bond donors (Lipinski definition) is 1. The number of nitrogens with two attached hydrogens (primary N) is 1. The van der Waals surface area contributed by atoms with Crippen molar-refractivity contribution < 1.29 is 0 Å². The molecule has 2 rings (SSSR count). The van der Waals surface area contributed by atoms with E-state index in [4.69, 9.17) is 17.3 Å². The van der Waals surface area contributed by atoms with Gasteiger partial charge in [0.1, 0.15) is 0 Å². The molecule has 16 heavy (non-hydrogen) atoms. The van der Waals surface area contributed by atoms with Gasteiger partial charge >= 0.3 is 0 Å². The molecule has 2 nitrogen and oxygen atoms in total. The van der Waals surface area contributed by atoms with Crippen LogP contribution in [0.5, 0.6) is 0 Å². The van der Waals surface area contributed by atoms with E-state index in [1.165, 1.54) is 17.2 Å². The molecule has 1 aromatic rings. The van der Waals surface area contributed by atoms with Crippen molar-refractivity contribution in [2.75, 3.05) is 29.5 Å². The summed E-state index contributed by atoms with van der Waals surface area (Å²) in [6, 6.07) is 6.21. The molecule has 0 radical (unpaired) electrons. The van der Waals surface area contributed by atoms with Crippen molar-refractivity contribution in [3.05, 3.63) is 28.8 Å². The summed E-state index contributed by atoms with van der Waals surface area (Å²) in [5.74, 6) is 2.40. The van der Waals surface area contributed by atoms with Crippen LogP contribution in [-0.4, -0.2) is 24.6 Å². The Balaban J connectivity index is 2.19. The van der Waals surface area contributed by atoms with Gasteiger partial charge in [0.25, 0.3) is 0 Å². The first-order valence-corrected chi connectivity index (χ1v) is 7.09. The zero-order valence-corrected chi connectivity index (χ0v) is 11.0. The van der Waals surface area contributed by atoms with Crippen LogP contribution in [0.15, 0.2) is 18.2 Å². The maximum Gasteiger partial charge on any atom is 0.0474 e. The van der Waals surface area contributed by atoms with Crippen LogP contribution in [0.1, 0.15) is 18.5 Å². The highest BCUT2D eigenvalue weighted by molar-refractivity contribution is 7.99. The minimum atomic E-state index is -0.00142. The Hall–Kier alpha value is -0.380. The highest BCUT2D eigenvalue weighted by Crippen LogP contribution is 2.28. The van der Waals surface area contributed by atoms with Crippen molar-refractivity contribution in [1.82, 2.24) is 0 Å². The molecule has 0 amide bonds. The monoisotopic (exact) mass is 256 g/mol. The average molecular weight is 257 g/mol. The van der Waals surface area contributed by atoms with Gasteiger partial charge in [-0.3, -0.25) is 0 Å². The molecule has 1 aromatic carbocycles. The molecule has 0 spiro atoms. The molecule has 88 valence electrons. The van der Waals surface area contributed by atoms with Crippen LogP contribution >= 0.6 is 23.4 Å². The third kappa shape index (κ3) is 2.65. The summed E-state index contributed by atoms with van der Waals surface area (Å²) < 4.78 is 0. The van der Waals surface area contributed by atoms with E-state index in [1.54, 1.807) is 0 Å². The lowest BCUT2D eigenvalue weighted by Gasteiger charge is -2.29. The van der Waals surface area contributed by atoms with E-state index >= 15 is 0 Å². The van der Waals surface area contributed by atoms with E-state index in [9.17, 15) is 0 Å². The number of hydrogen-bond acceptors (Lipinski definition) is 3. The van der Waals surface area contributed by atoms with E-state index in [2.05, 4.69) is 11.0 Å². The quantitative estimate of drug-likeness (QED) is 0.882. The normalized spacial score (nSPS) is 18.6. The topological polar surface area (TPSA) is 29.3 Å². The Morgan fingerprint density at radius 1 is 1.38 bits per heavy atom. The Bertz CT molecular complexity index is 362. The van der Waals surface area contributed by atoms with Crippen molar-refractivity contribution in [3.8, 4) is 0 Å². The molecule has 1 aliphatic heterocycles. The summed E-state index contributed by atoms with van der Waals surface area (Å²) in [5, 5.41) is 0.783. The fourth-order valence-corrected chi connectivity index (χ4v) is 3.15. The summed E-state index contributed by atoms with van der Waals surface area (Å²) in [6.45, 7) is 4.18. The van der Waals surface area contributed by atoms with Gasteiger partial charge in [-0.05, 0) is 24.6 Å². The summed E-state index contributed by atoms with van der Waals surface area (Å²) >= 11 is 8.24. The van der Waals surface area contributed by atoms with Crippen molar-refractivity contribution >= 4 is 29.1 Å². The van der Waals surface area contributed by atoms with Gasteiger partial charge in [0.15, 0.2) is 0 Å². The van der Waals surface area contributed by atoms with Crippen molar-refractivity contribution in [3.63, 3.8) is 0 Å². The molecule has 0 aliphatic carbocycles. The fourth-order valence-electron chi connectivity index (χ4n) is 1.90. The van der Waals surface area contributed by atoms with Crippen molar-refractivity contribution in [2.24, 2.45) is 5.73 Å². The fraction of sp³-hybridized carbons (Fsp3) is 0.500. The molecule has 1 fully saturated rings. The number of anilines is 1. The molecule has 1 heterocycles. The number of nitrogens with zero attached hydrogens (tertiary/aromatic N) is 1. The lowest BCUT2D eigenvalue weighted by atomic mass is 10.1. The number of benzene rings is 1. The maximum atomic E-state index is 6.23. The van der Waals surface area contributed by atoms with Crippen molar-refractivity contribution in [2.45, 2.75) is 13.0 Å². The molecule has 1 saturated heterocycles. The predicted molar refractivity (Wildman–Crippen MR) is 73.6 cm³/mol. The van der Waals surface area contributed by atoms with Gasteiger partial charge in [0.2, 0.25) is 0 Å². The second-order valence-electron chi connectivity index (χ2n) is 4.09. The number of halogens is 1. The molecule has 1 atom stereocenters. The Labute approximate surface area is 106 Å². The van der Waals surface area contributed by atoms with Crippen LogP contribution in [-0.2, 0) is 0 Å². The van der Waals surface area contributed by atoms with Crippen LogP contribution in [0.2, 0.25) is 5.02 Å². The van der Waals surface area contributed by atoms with E-state index in [1.807, 2.05) is 30.8 Å². The Morgan fingerprint density at radius 2 is 2.06 bits per heavy atom. The molecule has 2 N–H and O–H groups in total. The Morgan fingerprint density at radius 3 is 2.62 bits per heavy atom. The van der Waals surface area contributed by atoms with E-state index in [0.29, 0.717) is 0 Å². The first kappa shape index (κ1) is 12.1. The van der Waals surface area contributed by atoms with Gasteiger partial charge in [0, 0.05) is 41.3 Å². The SMILES string of the molecule is CC(N)c1ccc(N2CCSCC2)cc1Cl. The first-order valence-electron chi connectivity index (χ1n) is 5.56. The third-order valence-corrected chi connectivity index (χ3v) is 4.12. The lowest BCUT2D eigenvalue weighted by molar-refractivity contribution is 0.815. The third-order valence-electron chi connectivity index (χ3n) is 2.85. The second kappa shape index (κ2) is 5.30. The molecule has 4 heteroatoms. The van der Waals surface area contributed by atoms with Gasteiger partial charge < -0.3 is 10.6 Å². The summed E-state index contributed by atoms with van der Waals surface area (Å²) in [6.07, 6.45) is 0. The van der Waals surface area contributed by atoms with Gasteiger partial charge in [-0.25, -0.2) is 0 Å². The summed E-state index contributed by atoms with van der Waals surface area (Å²) in [4.78, 5) is 2.38. The molecule has 0 bridgehead atoms. The highest BCUT2D eigenvalue weighted by Gasteiger charge is 2.13. The molecular weight excluding hydrogens is 240 g/mol. The van der Waals surface area contributed by atoms with Gasteiger partial charge in [-0.2, -0.15) is 11.8 Å². The highest BCUT2D eigenvalue weighted by atomic mass is 35.5. The largest absolute Gasteiger partial charge is 0.370 e. The van der Waals surface area contributed by atoms with Crippen LogP contribution in [0.25, 0.3) is 0 Å². The van der Waals surface area contributed by atoms with Crippen LogP contribution in [0.4, 0.5) is 5.69 Å². The lowest BCUT2D eigenvalue weighted by Crippen LogP contribution is -2.32. The zero-order valence-electron chi connectivity index (χ0n) is 9.45. The summed E-state index contributed by atoms with van der Waals surface area (Å²) in [5.41, 5.74) is 8.08. The minimum Gasteiger partial charge on any atom is -0.370 e.